The van der Waals surface area contributed by atoms with Gasteiger partial charge in [-0.1, -0.05) is 12.1 Å². The summed E-state index contributed by atoms with van der Waals surface area (Å²) < 4.78 is 24.3. The summed E-state index contributed by atoms with van der Waals surface area (Å²) in [6.07, 6.45) is 2.03. The van der Waals surface area contributed by atoms with Crippen LogP contribution < -0.4 is 9.47 Å². The SMILES string of the molecule is COc1ccc2c(c1)C(c1ccc(OC)c(F)c1)=CN(C)C2. The fraction of sp³-hybridized carbons (Fsp3) is 0.222. The zero-order valence-electron chi connectivity index (χ0n) is 12.9. The molecule has 0 saturated heterocycles. The first-order valence-electron chi connectivity index (χ1n) is 7.05. The minimum atomic E-state index is -0.362. The van der Waals surface area contributed by atoms with Crippen molar-refractivity contribution in [1.29, 1.82) is 0 Å². The summed E-state index contributed by atoms with van der Waals surface area (Å²) in [6, 6.07) is 11.0. The zero-order valence-corrected chi connectivity index (χ0v) is 12.9. The standard InChI is InChI=1S/C18H18FNO2/c1-20-10-13-4-6-14(21-2)9-15(13)16(11-20)12-5-7-18(22-3)17(19)8-12/h4-9,11H,10H2,1-3H3. The van der Waals surface area contributed by atoms with Crippen LogP contribution in [0.2, 0.25) is 0 Å². The molecule has 3 nitrogen and oxygen atoms in total. The third-order valence-corrected chi connectivity index (χ3v) is 3.84. The van der Waals surface area contributed by atoms with Crippen molar-refractivity contribution in [2.45, 2.75) is 6.54 Å². The van der Waals surface area contributed by atoms with Crippen LogP contribution in [-0.4, -0.2) is 26.2 Å². The number of hydrogen-bond acceptors (Lipinski definition) is 3. The highest BCUT2D eigenvalue weighted by Crippen LogP contribution is 2.35. The summed E-state index contributed by atoms with van der Waals surface area (Å²) in [4.78, 5) is 2.09. The summed E-state index contributed by atoms with van der Waals surface area (Å²) >= 11 is 0. The molecule has 0 atom stereocenters. The molecule has 4 heteroatoms. The number of methoxy groups -OCH3 is 2. The maximum absolute atomic E-state index is 14.0. The second-order valence-corrected chi connectivity index (χ2v) is 5.33. The van der Waals surface area contributed by atoms with E-state index in [1.807, 2.05) is 31.4 Å². The van der Waals surface area contributed by atoms with Crippen LogP contribution in [0.3, 0.4) is 0 Å². The summed E-state index contributed by atoms with van der Waals surface area (Å²) in [5, 5.41) is 0. The Bertz CT molecular complexity index is 740. The predicted molar refractivity (Wildman–Crippen MR) is 84.5 cm³/mol. The van der Waals surface area contributed by atoms with E-state index in [4.69, 9.17) is 9.47 Å². The van der Waals surface area contributed by atoms with E-state index in [1.165, 1.54) is 18.7 Å². The van der Waals surface area contributed by atoms with Crippen LogP contribution in [0.25, 0.3) is 5.57 Å². The van der Waals surface area contributed by atoms with Gasteiger partial charge in [0, 0.05) is 25.4 Å². The van der Waals surface area contributed by atoms with Crippen LogP contribution in [-0.2, 0) is 6.54 Å². The largest absolute Gasteiger partial charge is 0.497 e. The lowest BCUT2D eigenvalue weighted by molar-refractivity contribution is 0.386. The Morgan fingerprint density at radius 3 is 2.55 bits per heavy atom. The maximum Gasteiger partial charge on any atom is 0.165 e. The molecule has 0 aromatic heterocycles. The molecule has 0 N–H and O–H groups in total. The predicted octanol–water partition coefficient (Wildman–Crippen LogP) is 3.68. The second kappa shape index (κ2) is 5.72. The van der Waals surface area contributed by atoms with Gasteiger partial charge in [0.05, 0.1) is 14.2 Å². The number of halogens is 1. The zero-order chi connectivity index (χ0) is 15.7. The monoisotopic (exact) mass is 299 g/mol. The van der Waals surface area contributed by atoms with Gasteiger partial charge in [-0.3, -0.25) is 0 Å². The van der Waals surface area contributed by atoms with Crippen molar-refractivity contribution >= 4 is 5.57 Å². The first kappa shape index (κ1) is 14.4. The minimum Gasteiger partial charge on any atom is -0.497 e. The third kappa shape index (κ3) is 2.52. The highest BCUT2D eigenvalue weighted by atomic mass is 19.1. The fourth-order valence-corrected chi connectivity index (χ4v) is 2.74. The summed E-state index contributed by atoms with van der Waals surface area (Å²) in [7, 11) is 5.12. The number of nitrogens with zero attached hydrogens (tertiary/aromatic N) is 1. The Morgan fingerprint density at radius 2 is 1.86 bits per heavy atom. The van der Waals surface area contributed by atoms with Gasteiger partial charge in [-0.25, -0.2) is 4.39 Å². The Hall–Kier alpha value is -2.49. The van der Waals surface area contributed by atoms with Crippen molar-refractivity contribution in [3.63, 3.8) is 0 Å². The molecule has 0 radical (unpaired) electrons. The summed E-state index contributed by atoms with van der Waals surface area (Å²) in [5.74, 6) is 0.682. The third-order valence-electron chi connectivity index (χ3n) is 3.84. The molecule has 2 aromatic rings. The highest BCUT2D eigenvalue weighted by Gasteiger charge is 2.18. The van der Waals surface area contributed by atoms with Crippen LogP contribution in [0.1, 0.15) is 16.7 Å². The smallest absolute Gasteiger partial charge is 0.165 e. The molecule has 1 aliphatic rings. The molecule has 114 valence electrons. The molecule has 22 heavy (non-hydrogen) atoms. The Morgan fingerprint density at radius 1 is 1.05 bits per heavy atom. The molecule has 3 rings (SSSR count). The normalized spacial score (nSPS) is 13.5. The van der Waals surface area contributed by atoms with E-state index < -0.39 is 0 Å². The van der Waals surface area contributed by atoms with Crippen molar-refractivity contribution in [3.8, 4) is 11.5 Å². The number of rotatable bonds is 3. The van der Waals surface area contributed by atoms with Crippen LogP contribution in [0.15, 0.2) is 42.6 Å². The molecular formula is C18H18FNO2. The van der Waals surface area contributed by atoms with E-state index in [9.17, 15) is 4.39 Å². The average Bonchev–Trinajstić information content (AvgIpc) is 2.53. The molecule has 0 aliphatic carbocycles. The topological polar surface area (TPSA) is 21.7 Å². The van der Waals surface area contributed by atoms with Crippen molar-refractivity contribution in [2.75, 3.05) is 21.3 Å². The molecule has 0 spiro atoms. The first-order valence-corrected chi connectivity index (χ1v) is 7.05. The molecule has 1 heterocycles. The van der Waals surface area contributed by atoms with E-state index in [2.05, 4.69) is 11.0 Å². The van der Waals surface area contributed by atoms with Gasteiger partial charge in [-0.2, -0.15) is 0 Å². The van der Waals surface area contributed by atoms with Crippen LogP contribution in [0.4, 0.5) is 4.39 Å². The number of benzene rings is 2. The van der Waals surface area contributed by atoms with Gasteiger partial charge in [0.25, 0.3) is 0 Å². The molecule has 0 saturated carbocycles. The van der Waals surface area contributed by atoms with E-state index in [0.717, 1.165) is 29.0 Å². The highest BCUT2D eigenvalue weighted by molar-refractivity contribution is 5.83. The number of fused-ring (bicyclic) bond motifs is 1. The van der Waals surface area contributed by atoms with Gasteiger partial charge in [0.2, 0.25) is 0 Å². The molecule has 0 fully saturated rings. The summed E-state index contributed by atoms with van der Waals surface area (Å²) in [6.45, 7) is 0.821. The first-order chi connectivity index (χ1) is 10.6. The van der Waals surface area contributed by atoms with Gasteiger partial charge in [0.1, 0.15) is 5.75 Å². The van der Waals surface area contributed by atoms with Gasteiger partial charge < -0.3 is 14.4 Å². The molecule has 2 aromatic carbocycles. The van der Waals surface area contributed by atoms with Gasteiger partial charge in [0.15, 0.2) is 11.6 Å². The van der Waals surface area contributed by atoms with Crippen LogP contribution in [0, 0.1) is 5.82 Å². The van der Waals surface area contributed by atoms with Crippen molar-refractivity contribution < 1.29 is 13.9 Å². The Labute approximate surface area is 129 Å². The average molecular weight is 299 g/mol. The van der Waals surface area contributed by atoms with Crippen molar-refractivity contribution in [3.05, 3.63) is 65.1 Å². The van der Waals surface area contributed by atoms with E-state index in [-0.39, 0.29) is 11.6 Å². The van der Waals surface area contributed by atoms with Gasteiger partial charge >= 0.3 is 0 Å². The van der Waals surface area contributed by atoms with Crippen molar-refractivity contribution in [1.82, 2.24) is 4.90 Å². The Balaban J connectivity index is 2.12. The minimum absolute atomic E-state index is 0.249. The molecule has 0 amide bonds. The quantitative estimate of drug-likeness (QED) is 0.863. The van der Waals surface area contributed by atoms with E-state index >= 15 is 0 Å². The number of ether oxygens (including phenoxy) is 2. The summed E-state index contributed by atoms with van der Waals surface area (Å²) in [5.41, 5.74) is 4.06. The van der Waals surface area contributed by atoms with Gasteiger partial charge in [-0.15, -0.1) is 0 Å². The number of hydrogen-bond donors (Lipinski definition) is 0. The fourth-order valence-electron chi connectivity index (χ4n) is 2.74. The lowest BCUT2D eigenvalue weighted by Crippen LogP contribution is -2.17. The van der Waals surface area contributed by atoms with Gasteiger partial charge in [-0.05, 0) is 41.0 Å². The van der Waals surface area contributed by atoms with Crippen molar-refractivity contribution in [2.24, 2.45) is 0 Å². The lowest BCUT2D eigenvalue weighted by Gasteiger charge is -2.26. The lowest BCUT2D eigenvalue weighted by atomic mass is 9.91. The van der Waals surface area contributed by atoms with Crippen LogP contribution in [0.5, 0.6) is 11.5 Å². The Kier molecular flexibility index (Phi) is 3.75. The van der Waals surface area contributed by atoms with E-state index in [1.54, 1.807) is 13.2 Å². The van der Waals surface area contributed by atoms with E-state index in [0.29, 0.717) is 0 Å². The maximum atomic E-state index is 14.0. The van der Waals surface area contributed by atoms with Crippen LogP contribution >= 0.6 is 0 Å². The molecular weight excluding hydrogens is 281 g/mol. The second-order valence-electron chi connectivity index (χ2n) is 5.33. The molecule has 1 aliphatic heterocycles. The molecule has 0 bridgehead atoms. The molecule has 0 unspecified atom stereocenters.